The van der Waals surface area contributed by atoms with Crippen LogP contribution in [0.15, 0.2) is 22.0 Å². The molecule has 2 aromatic rings. The molecular formula is C10H3BrCl2N2S. The summed E-state index contributed by atoms with van der Waals surface area (Å²) in [6, 6.07) is 7.18. The van der Waals surface area contributed by atoms with E-state index in [1.807, 2.05) is 6.07 Å². The van der Waals surface area contributed by atoms with E-state index in [1.54, 1.807) is 18.2 Å². The first kappa shape index (κ1) is 11.9. The SMILES string of the molecule is N#Cc1nc(-c2ccc(Cl)cc2Cl)sc1Br. The van der Waals surface area contributed by atoms with Crippen molar-refractivity contribution >= 4 is 50.5 Å². The predicted molar refractivity (Wildman–Crippen MR) is 70.0 cm³/mol. The highest BCUT2D eigenvalue weighted by Crippen LogP contribution is 2.36. The van der Waals surface area contributed by atoms with Gasteiger partial charge in [-0.15, -0.1) is 11.3 Å². The highest BCUT2D eigenvalue weighted by molar-refractivity contribution is 9.11. The smallest absolute Gasteiger partial charge is 0.166 e. The zero-order chi connectivity index (χ0) is 11.7. The molecule has 16 heavy (non-hydrogen) atoms. The quantitative estimate of drug-likeness (QED) is 0.755. The van der Waals surface area contributed by atoms with Gasteiger partial charge in [0.05, 0.1) is 5.02 Å². The van der Waals surface area contributed by atoms with Crippen LogP contribution in [-0.4, -0.2) is 4.98 Å². The third-order valence-corrected chi connectivity index (χ3v) is 4.14. The van der Waals surface area contributed by atoms with E-state index >= 15 is 0 Å². The van der Waals surface area contributed by atoms with Gasteiger partial charge in [0.25, 0.3) is 0 Å². The zero-order valence-electron chi connectivity index (χ0n) is 7.67. The second-order valence-electron chi connectivity index (χ2n) is 2.88. The monoisotopic (exact) mass is 332 g/mol. The van der Waals surface area contributed by atoms with Crippen molar-refractivity contribution in [2.75, 3.05) is 0 Å². The number of benzene rings is 1. The molecule has 80 valence electrons. The second kappa shape index (κ2) is 4.72. The lowest BCUT2D eigenvalue weighted by molar-refractivity contribution is 1.32. The van der Waals surface area contributed by atoms with Gasteiger partial charge >= 0.3 is 0 Å². The fourth-order valence-electron chi connectivity index (χ4n) is 1.15. The molecule has 0 N–H and O–H groups in total. The normalized spacial score (nSPS) is 10.1. The third kappa shape index (κ3) is 2.23. The van der Waals surface area contributed by atoms with E-state index in [2.05, 4.69) is 20.9 Å². The summed E-state index contributed by atoms with van der Waals surface area (Å²) in [5, 5.41) is 10.6. The van der Waals surface area contributed by atoms with Crippen LogP contribution in [0.3, 0.4) is 0 Å². The van der Waals surface area contributed by atoms with Crippen LogP contribution in [0.5, 0.6) is 0 Å². The Morgan fingerprint density at radius 3 is 2.69 bits per heavy atom. The van der Waals surface area contributed by atoms with Gasteiger partial charge < -0.3 is 0 Å². The highest BCUT2D eigenvalue weighted by Gasteiger charge is 2.12. The Kier molecular flexibility index (Phi) is 3.50. The number of nitriles is 1. The van der Waals surface area contributed by atoms with Crippen molar-refractivity contribution in [3.05, 3.63) is 37.7 Å². The summed E-state index contributed by atoms with van der Waals surface area (Å²) in [7, 11) is 0. The standard InChI is InChI=1S/C10H3BrCl2N2S/c11-9-8(4-14)15-10(16-9)6-2-1-5(12)3-7(6)13/h1-3H. The van der Waals surface area contributed by atoms with E-state index in [-0.39, 0.29) is 0 Å². The molecule has 0 saturated carbocycles. The number of halogens is 3. The first-order valence-electron chi connectivity index (χ1n) is 4.13. The average molecular weight is 334 g/mol. The number of hydrogen-bond acceptors (Lipinski definition) is 3. The Labute approximate surface area is 115 Å². The fourth-order valence-corrected chi connectivity index (χ4v) is 3.12. The minimum absolute atomic E-state index is 0.367. The van der Waals surface area contributed by atoms with Crippen molar-refractivity contribution < 1.29 is 0 Å². The molecule has 0 fully saturated rings. The van der Waals surface area contributed by atoms with Gasteiger partial charge in [0.2, 0.25) is 0 Å². The molecule has 6 heteroatoms. The van der Waals surface area contributed by atoms with Gasteiger partial charge in [-0.25, -0.2) is 4.98 Å². The van der Waals surface area contributed by atoms with E-state index < -0.39 is 0 Å². The first-order valence-corrected chi connectivity index (χ1v) is 6.50. The van der Waals surface area contributed by atoms with Crippen LogP contribution in [0.1, 0.15) is 5.69 Å². The zero-order valence-corrected chi connectivity index (χ0v) is 11.6. The molecule has 0 saturated heterocycles. The maximum atomic E-state index is 8.80. The van der Waals surface area contributed by atoms with Gasteiger partial charge in [-0.2, -0.15) is 5.26 Å². The Morgan fingerprint density at radius 2 is 2.12 bits per heavy atom. The van der Waals surface area contributed by atoms with Crippen LogP contribution in [0.2, 0.25) is 10.0 Å². The lowest BCUT2D eigenvalue weighted by atomic mass is 10.2. The molecule has 1 aromatic heterocycles. The van der Waals surface area contributed by atoms with E-state index in [0.29, 0.717) is 24.5 Å². The van der Waals surface area contributed by atoms with Crippen LogP contribution in [0, 0.1) is 11.3 Å². The Balaban J connectivity index is 2.55. The molecule has 0 spiro atoms. The van der Waals surface area contributed by atoms with Crippen LogP contribution in [0.25, 0.3) is 10.6 Å². The second-order valence-corrected chi connectivity index (χ2v) is 6.04. The molecule has 0 amide bonds. The number of thiazole rings is 1. The van der Waals surface area contributed by atoms with Crippen molar-refractivity contribution in [2.45, 2.75) is 0 Å². The summed E-state index contributed by atoms with van der Waals surface area (Å²) in [6.45, 7) is 0. The molecule has 0 aliphatic carbocycles. The van der Waals surface area contributed by atoms with Crippen LogP contribution in [0.4, 0.5) is 0 Å². The molecule has 1 aromatic carbocycles. The van der Waals surface area contributed by atoms with Gasteiger partial charge in [-0.3, -0.25) is 0 Å². The van der Waals surface area contributed by atoms with Gasteiger partial charge in [-0.05, 0) is 34.1 Å². The average Bonchev–Trinajstić information content (AvgIpc) is 2.59. The van der Waals surface area contributed by atoms with Gasteiger partial charge in [0.1, 0.15) is 14.9 Å². The number of hydrogen-bond donors (Lipinski definition) is 0. The minimum atomic E-state index is 0.367. The summed E-state index contributed by atoms with van der Waals surface area (Å²) in [5.74, 6) is 0. The maximum absolute atomic E-state index is 8.80. The van der Waals surface area contributed by atoms with E-state index in [0.717, 1.165) is 5.56 Å². The first-order chi connectivity index (χ1) is 7.61. The molecule has 2 nitrogen and oxygen atoms in total. The third-order valence-electron chi connectivity index (χ3n) is 1.85. The summed E-state index contributed by atoms with van der Waals surface area (Å²) in [4.78, 5) is 4.17. The Hall–Kier alpha value is -0.600. The molecule has 0 atom stereocenters. The van der Waals surface area contributed by atoms with Crippen LogP contribution >= 0.6 is 50.5 Å². The summed E-state index contributed by atoms with van der Waals surface area (Å²) in [5.41, 5.74) is 1.14. The Bertz CT molecular complexity index is 589. The van der Waals surface area contributed by atoms with Crippen molar-refractivity contribution in [2.24, 2.45) is 0 Å². The predicted octanol–water partition coefficient (Wildman–Crippen LogP) is 4.75. The van der Waals surface area contributed by atoms with Crippen molar-refractivity contribution in [3.63, 3.8) is 0 Å². The molecule has 2 rings (SSSR count). The van der Waals surface area contributed by atoms with E-state index in [9.17, 15) is 0 Å². The molecule has 0 aliphatic rings. The van der Waals surface area contributed by atoms with E-state index in [4.69, 9.17) is 28.5 Å². The summed E-state index contributed by atoms with van der Waals surface area (Å²) < 4.78 is 0.705. The molecular weight excluding hydrogens is 331 g/mol. The van der Waals surface area contributed by atoms with Crippen LogP contribution < -0.4 is 0 Å². The Morgan fingerprint density at radius 1 is 1.38 bits per heavy atom. The summed E-state index contributed by atoms with van der Waals surface area (Å²) in [6.07, 6.45) is 0. The lowest BCUT2D eigenvalue weighted by Gasteiger charge is -1.99. The van der Waals surface area contributed by atoms with E-state index in [1.165, 1.54) is 11.3 Å². The molecule has 0 unspecified atom stereocenters. The molecule has 0 aliphatic heterocycles. The number of rotatable bonds is 1. The van der Waals surface area contributed by atoms with Crippen molar-refractivity contribution in [1.82, 2.24) is 4.98 Å². The van der Waals surface area contributed by atoms with Crippen LogP contribution in [-0.2, 0) is 0 Å². The minimum Gasteiger partial charge on any atom is -0.224 e. The maximum Gasteiger partial charge on any atom is 0.166 e. The number of nitrogens with zero attached hydrogens (tertiary/aromatic N) is 2. The molecule has 1 heterocycles. The van der Waals surface area contributed by atoms with Crippen molar-refractivity contribution in [3.8, 4) is 16.6 Å². The highest BCUT2D eigenvalue weighted by atomic mass is 79.9. The van der Waals surface area contributed by atoms with Gasteiger partial charge in [-0.1, -0.05) is 23.2 Å². The fraction of sp³-hybridized carbons (Fsp3) is 0. The lowest BCUT2D eigenvalue weighted by Crippen LogP contribution is -1.79. The summed E-state index contributed by atoms with van der Waals surface area (Å²) >= 11 is 16.5. The topological polar surface area (TPSA) is 36.7 Å². The largest absolute Gasteiger partial charge is 0.224 e. The van der Waals surface area contributed by atoms with Crippen molar-refractivity contribution in [1.29, 1.82) is 5.26 Å². The van der Waals surface area contributed by atoms with Gasteiger partial charge in [0.15, 0.2) is 5.69 Å². The van der Waals surface area contributed by atoms with Gasteiger partial charge in [0, 0.05) is 10.6 Å². The number of aromatic nitrogens is 1. The molecule has 0 bridgehead atoms. The molecule has 0 radical (unpaired) electrons.